The van der Waals surface area contributed by atoms with Gasteiger partial charge in [0.2, 0.25) is 0 Å². The summed E-state index contributed by atoms with van der Waals surface area (Å²) in [5.74, 6) is -0.870. The Hall–Kier alpha value is -4.13. The number of carbonyl (C=O) groups excluding carboxylic acids is 2. The van der Waals surface area contributed by atoms with E-state index in [1.54, 1.807) is 16.8 Å². The van der Waals surface area contributed by atoms with Crippen molar-refractivity contribution in [2.24, 2.45) is 0 Å². The molecule has 7 heteroatoms. The Bertz CT molecular complexity index is 1240. The monoisotopic (exact) mass is 413 g/mol. The number of benzene rings is 2. The van der Waals surface area contributed by atoms with Crippen molar-refractivity contribution < 1.29 is 9.59 Å². The molecule has 0 aliphatic rings. The van der Waals surface area contributed by atoms with Crippen LogP contribution < -0.4 is 10.9 Å². The molecule has 0 unspecified atom stereocenters. The summed E-state index contributed by atoms with van der Waals surface area (Å²) in [4.78, 5) is 25.3. The standard InChI is InChI=1S/C24H23N5O2/c1-16-14-21(18(3)28(16)19-10-6-4-7-11-19)23(30)25-26-24(31)22-15-17(2)29(27-22)20-12-8-5-9-13-20/h4-15H,1-3H3,(H,25,30)(H,26,31). The van der Waals surface area contributed by atoms with Crippen LogP contribution >= 0.6 is 0 Å². The Morgan fingerprint density at radius 1 is 0.742 bits per heavy atom. The van der Waals surface area contributed by atoms with Crippen LogP contribution in [0.2, 0.25) is 0 Å². The predicted molar refractivity (Wildman–Crippen MR) is 118 cm³/mol. The molecule has 0 saturated carbocycles. The largest absolute Gasteiger partial charge is 0.318 e. The molecular weight excluding hydrogens is 390 g/mol. The molecule has 2 heterocycles. The molecule has 7 nitrogen and oxygen atoms in total. The van der Waals surface area contributed by atoms with Crippen LogP contribution in [-0.2, 0) is 0 Å². The summed E-state index contributed by atoms with van der Waals surface area (Å²) < 4.78 is 3.69. The number of nitrogens with zero attached hydrogens (tertiary/aromatic N) is 3. The van der Waals surface area contributed by atoms with Gasteiger partial charge in [-0.2, -0.15) is 5.10 Å². The molecule has 2 aromatic heterocycles. The zero-order chi connectivity index (χ0) is 22.0. The molecule has 0 spiro atoms. The van der Waals surface area contributed by atoms with Crippen molar-refractivity contribution in [3.05, 3.63) is 101 Å². The number of hydrogen-bond acceptors (Lipinski definition) is 3. The number of nitrogens with one attached hydrogen (secondary N) is 2. The smallest absolute Gasteiger partial charge is 0.290 e. The molecule has 0 aliphatic carbocycles. The summed E-state index contributed by atoms with van der Waals surface area (Å²) in [6, 6.07) is 22.8. The lowest BCUT2D eigenvalue weighted by Gasteiger charge is -2.10. The Kier molecular flexibility index (Phi) is 5.41. The molecule has 2 amide bonds. The van der Waals surface area contributed by atoms with Crippen LogP contribution in [0, 0.1) is 20.8 Å². The van der Waals surface area contributed by atoms with Gasteiger partial charge in [0.25, 0.3) is 11.8 Å². The van der Waals surface area contributed by atoms with Gasteiger partial charge in [0.15, 0.2) is 5.69 Å². The number of amides is 2. The van der Waals surface area contributed by atoms with E-state index >= 15 is 0 Å². The van der Waals surface area contributed by atoms with E-state index in [1.807, 2.05) is 86.0 Å². The van der Waals surface area contributed by atoms with Crippen molar-refractivity contribution in [2.75, 3.05) is 0 Å². The van der Waals surface area contributed by atoms with E-state index < -0.39 is 5.91 Å². The number of aromatic nitrogens is 3. The first kappa shape index (κ1) is 20.2. The minimum absolute atomic E-state index is 0.219. The summed E-state index contributed by atoms with van der Waals surface area (Å²) >= 11 is 0. The third kappa shape index (κ3) is 3.98. The van der Waals surface area contributed by atoms with Crippen LogP contribution in [0.1, 0.15) is 37.9 Å². The van der Waals surface area contributed by atoms with Gasteiger partial charge in [-0.1, -0.05) is 36.4 Å². The topological polar surface area (TPSA) is 81.0 Å². The normalized spacial score (nSPS) is 10.7. The van der Waals surface area contributed by atoms with Crippen LogP contribution in [0.4, 0.5) is 0 Å². The first-order valence-corrected chi connectivity index (χ1v) is 9.93. The summed E-state index contributed by atoms with van der Waals surface area (Å²) in [7, 11) is 0. The summed E-state index contributed by atoms with van der Waals surface area (Å²) in [5.41, 5.74) is 10.0. The maximum absolute atomic E-state index is 12.7. The molecule has 0 aliphatic heterocycles. The van der Waals surface area contributed by atoms with Gasteiger partial charge in [0.1, 0.15) is 0 Å². The average molecular weight is 413 g/mol. The second-order valence-corrected chi connectivity index (χ2v) is 7.28. The molecule has 156 valence electrons. The van der Waals surface area contributed by atoms with Crippen LogP contribution in [0.15, 0.2) is 72.8 Å². The molecule has 0 atom stereocenters. The number of para-hydroxylation sites is 2. The fourth-order valence-corrected chi connectivity index (χ4v) is 3.63. The highest BCUT2D eigenvalue weighted by molar-refractivity contribution is 5.99. The highest BCUT2D eigenvalue weighted by atomic mass is 16.2. The summed E-state index contributed by atoms with van der Waals surface area (Å²) in [6.45, 7) is 5.68. The first-order chi connectivity index (χ1) is 15.0. The van der Waals surface area contributed by atoms with Gasteiger partial charge in [-0.15, -0.1) is 0 Å². The highest BCUT2D eigenvalue weighted by Gasteiger charge is 2.18. The van der Waals surface area contributed by atoms with E-state index in [9.17, 15) is 9.59 Å². The zero-order valence-corrected chi connectivity index (χ0v) is 17.6. The van der Waals surface area contributed by atoms with E-state index in [-0.39, 0.29) is 11.6 Å². The minimum atomic E-state index is -0.483. The van der Waals surface area contributed by atoms with E-state index in [4.69, 9.17) is 0 Å². The molecule has 31 heavy (non-hydrogen) atoms. The van der Waals surface area contributed by atoms with Gasteiger partial charge in [-0.25, -0.2) is 4.68 Å². The van der Waals surface area contributed by atoms with E-state index in [1.165, 1.54) is 0 Å². The van der Waals surface area contributed by atoms with E-state index in [0.29, 0.717) is 5.56 Å². The quantitative estimate of drug-likeness (QED) is 0.501. The molecule has 0 radical (unpaired) electrons. The Morgan fingerprint density at radius 3 is 1.97 bits per heavy atom. The Labute approximate surface area is 180 Å². The van der Waals surface area contributed by atoms with Crippen molar-refractivity contribution in [3.8, 4) is 11.4 Å². The number of rotatable bonds is 4. The molecular formula is C24H23N5O2. The van der Waals surface area contributed by atoms with Gasteiger partial charge in [-0.05, 0) is 57.2 Å². The van der Waals surface area contributed by atoms with Gasteiger partial charge in [0.05, 0.1) is 11.3 Å². The number of hydrogen-bond donors (Lipinski definition) is 2. The van der Waals surface area contributed by atoms with Gasteiger partial charge < -0.3 is 4.57 Å². The SMILES string of the molecule is Cc1cc(C(=O)NNC(=O)c2cc(C)n(-c3ccccc3)c2C)nn1-c1ccccc1. The number of aryl methyl sites for hydroxylation is 2. The van der Waals surface area contributed by atoms with Crippen LogP contribution in [-0.4, -0.2) is 26.2 Å². The first-order valence-electron chi connectivity index (χ1n) is 9.93. The molecule has 2 aromatic carbocycles. The second-order valence-electron chi connectivity index (χ2n) is 7.28. The summed E-state index contributed by atoms with van der Waals surface area (Å²) in [5, 5.41) is 4.36. The lowest BCUT2D eigenvalue weighted by molar-refractivity contribution is 0.0843. The fraction of sp³-hybridized carbons (Fsp3) is 0.125. The lowest BCUT2D eigenvalue weighted by atomic mass is 10.2. The van der Waals surface area contributed by atoms with Gasteiger partial charge in [-0.3, -0.25) is 20.4 Å². The van der Waals surface area contributed by atoms with Crippen molar-refractivity contribution in [1.82, 2.24) is 25.2 Å². The second kappa shape index (κ2) is 8.31. The average Bonchev–Trinajstić information content (AvgIpc) is 3.32. The summed E-state index contributed by atoms with van der Waals surface area (Å²) in [6.07, 6.45) is 0. The fourth-order valence-electron chi connectivity index (χ4n) is 3.63. The minimum Gasteiger partial charge on any atom is -0.318 e. The Balaban J connectivity index is 1.48. The Morgan fingerprint density at radius 2 is 1.32 bits per heavy atom. The third-order valence-corrected chi connectivity index (χ3v) is 5.10. The highest BCUT2D eigenvalue weighted by Crippen LogP contribution is 2.20. The number of carbonyl (C=O) groups is 2. The third-order valence-electron chi connectivity index (χ3n) is 5.10. The van der Waals surface area contributed by atoms with Gasteiger partial charge in [0, 0.05) is 22.8 Å². The predicted octanol–water partition coefficient (Wildman–Crippen LogP) is 3.66. The maximum Gasteiger partial charge on any atom is 0.290 e. The maximum atomic E-state index is 12.7. The van der Waals surface area contributed by atoms with Crippen molar-refractivity contribution in [2.45, 2.75) is 20.8 Å². The molecule has 0 fully saturated rings. The van der Waals surface area contributed by atoms with Crippen LogP contribution in [0.3, 0.4) is 0 Å². The molecule has 0 saturated heterocycles. The van der Waals surface area contributed by atoms with Crippen molar-refractivity contribution >= 4 is 11.8 Å². The van der Waals surface area contributed by atoms with Crippen LogP contribution in [0.5, 0.6) is 0 Å². The molecule has 4 aromatic rings. The van der Waals surface area contributed by atoms with E-state index in [2.05, 4.69) is 16.0 Å². The molecule has 4 rings (SSSR count). The van der Waals surface area contributed by atoms with E-state index in [0.717, 1.165) is 28.5 Å². The lowest BCUT2D eigenvalue weighted by Crippen LogP contribution is -2.42. The molecule has 2 N–H and O–H groups in total. The van der Waals surface area contributed by atoms with Crippen molar-refractivity contribution in [3.63, 3.8) is 0 Å². The number of hydrazine groups is 1. The van der Waals surface area contributed by atoms with Crippen LogP contribution in [0.25, 0.3) is 11.4 Å². The zero-order valence-electron chi connectivity index (χ0n) is 17.6. The van der Waals surface area contributed by atoms with Gasteiger partial charge >= 0.3 is 0 Å². The van der Waals surface area contributed by atoms with Crippen molar-refractivity contribution in [1.29, 1.82) is 0 Å². The molecule has 0 bridgehead atoms.